The zero-order valence-corrected chi connectivity index (χ0v) is 17.7. The molecule has 3 aliphatic rings. The summed E-state index contributed by atoms with van der Waals surface area (Å²) in [6, 6.07) is 8.11. The van der Waals surface area contributed by atoms with Gasteiger partial charge in [-0.25, -0.2) is 8.42 Å². The van der Waals surface area contributed by atoms with Crippen molar-refractivity contribution in [3.63, 3.8) is 0 Å². The summed E-state index contributed by atoms with van der Waals surface area (Å²) >= 11 is 0. The molecule has 0 amide bonds. The van der Waals surface area contributed by atoms with E-state index in [-0.39, 0.29) is 24.2 Å². The average Bonchev–Trinajstić information content (AvgIpc) is 3.13. The lowest BCUT2D eigenvalue weighted by Crippen LogP contribution is -2.62. The van der Waals surface area contributed by atoms with Gasteiger partial charge in [0, 0.05) is 0 Å². The normalized spacial score (nSPS) is 35.8. The van der Waals surface area contributed by atoms with E-state index in [1.807, 2.05) is 0 Å². The van der Waals surface area contributed by atoms with Crippen LogP contribution in [-0.2, 0) is 38.3 Å². The van der Waals surface area contributed by atoms with E-state index in [1.54, 1.807) is 45.9 Å². The molecule has 1 aromatic rings. The fraction of sp³-hybridized carbons (Fsp3) is 0.600. The Labute approximate surface area is 170 Å². The molecule has 3 saturated heterocycles. The van der Waals surface area contributed by atoms with Gasteiger partial charge in [-0.05, 0) is 39.8 Å². The molecule has 4 rings (SSSR count). The van der Waals surface area contributed by atoms with Gasteiger partial charge in [0.15, 0.2) is 17.7 Å². The van der Waals surface area contributed by atoms with Crippen molar-refractivity contribution >= 4 is 9.84 Å². The van der Waals surface area contributed by atoms with E-state index < -0.39 is 39.4 Å². The summed E-state index contributed by atoms with van der Waals surface area (Å²) in [6.45, 7) is 7.54. The second-order valence-corrected chi connectivity index (χ2v) is 10.1. The molecule has 3 fully saturated rings. The number of fused-ring (bicyclic) bond motifs is 1. The average molecular weight is 426 g/mol. The molecule has 1 aromatic carbocycles. The third-order valence-electron chi connectivity index (χ3n) is 5.02. The second-order valence-electron chi connectivity index (χ2n) is 8.24. The maximum atomic E-state index is 12.5. The van der Waals surface area contributed by atoms with E-state index in [0.29, 0.717) is 0 Å². The van der Waals surface area contributed by atoms with Crippen molar-refractivity contribution in [2.75, 3.05) is 13.2 Å². The SMILES string of the molecule is CC1(C)O[C@@H]2[C@@H](CO[C@]3(COC(C)(C)O3)[C@H]2O/C=C/S(=O)(=O)c2ccccc2)O1. The Morgan fingerprint density at radius 2 is 1.76 bits per heavy atom. The molecule has 0 aliphatic carbocycles. The zero-order chi connectivity index (χ0) is 20.9. The molecular formula is C20H26O8S. The minimum atomic E-state index is -3.65. The Kier molecular flexibility index (Phi) is 5.04. The van der Waals surface area contributed by atoms with Crippen LogP contribution in [0.1, 0.15) is 27.7 Å². The van der Waals surface area contributed by atoms with Crippen LogP contribution < -0.4 is 0 Å². The summed E-state index contributed by atoms with van der Waals surface area (Å²) < 4.78 is 60.6. The standard InChI is InChI=1S/C20H26O8S/c1-18(2)25-13-20(28-18)17(16-15(12-24-20)26-19(3,4)27-16)23-10-11-29(21,22)14-8-6-5-7-9-14/h5-11,15-17H,12-13H2,1-4H3/b11-10+/t15-,16-,17+,20+/m1/s1. The first kappa shape index (κ1) is 20.8. The second kappa shape index (κ2) is 7.04. The molecule has 3 aliphatic heterocycles. The van der Waals surface area contributed by atoms with Crippen LogP contribution in [0.2, 0.25) is 0 Å². The molecule has 4 atom stereocenters. The fourth-order valence-corrected chi connectivity index (χ4v) is 4.73. The lowest BCUT2D eigenvalue weighted by Gasteiger charge is -2.43. The van der Waals surface area contributed by atoms with E-state index in [2.05, 4.69) is 0 Å². The minimum absolute atomic E-state index is 0.122. The van der Waals surface area contributed by atoms with Gasteiger partial charge >= 0.3 is 0 Å². The van der Waals surface area contributed by atoms with Gasteiger partial charge in [-0.1, -0.05) is 18.2 Å². The van der Waals surface area contributed by atoms with E-state index in [9.17, 15) is 8.42 Å². The Hall–Kier alpha value is -1.49. The van der Waals surface area contributed by atoms with Gasteiger partial charge in [0.25, 0.3) is 0 Å². The molecule has 160 valence electrons. The van der Waals surface area contributed by atoms with E-state index in [4.69, 9.17) is 28.4 Å². The molecule has 1 spiro atoms. The molecule has 9 heteroatoms. The van der Waals surface area contributed by atoms with Crippen LogP contribution in [0.5, 0.6) is 0 Å². The van der Waals surface area contributed by atoms with E-state index in [0.717, 1.165) is 11.7 Å². The topological polar surface area (TPSA) is 89.5 Å². The fourth-order valence-electron chi connectivity index (χ4n) is 3.82. The quantitative estimate of drug-likeness (QED) is 0.678. The first-order valence-electron chi connectivity index (χ1n) is 9.48. The van der Waals surface area contributed by atoms with Gasteiger partial charge in [-0.2, -0.15) is 0 Å². The number of benzene rings is 1. The molecule has 0 saturated carbocycles. The highest BCUT2D eigenvalue weighted by atomic mass is 32.2. The van der Waals surface area contributed by atoms with Gasteiger partial charge in [0.1, 0.15) is 18.8 Å². The smallest absolute Gasteiger partial charge is 0.235 e. The van der Waals surface area contributed by atoms with Crippen LogP contribution in [0.4, 0.5) is 0 Å². The number of rotatable bonds is 4. The van der Waals surface area contributed by atoms with Gasteiger partial charge in [-0.3, -0.25) is 0 Å². The van der Waals surface area contributed by atoms with Crippen LogP contribution in [0.3, 0.4) is 0 Å². The molecule has 0 unspecified atom stereocenters. The highest BCUT2D eigenvalue weighted by Gasteiger charge is 2.63. The van der Waals surface area contributed by atoms with Gasteiger partial charge in [0.05, 0.1) is 23.2 Å². The van der Waals surface area contributed by atoms with Crippen LogP contribution in [0.15, 0.2) is 46.9 Å². The van der Waals surface area contributed by atoms with E-state index >= 15 is 0 Å². The molecule has 29 heavy (non-hydrogen) atoms. The summed E-state index contributed by atoms with van der Waals surface area (Å²) in [5.74, 6) is -2.92. The van der Waals surface area contributed by atoms with Crippen molar-refractivity contribution in [1.29, 1.82) is 0 Å². The maximum Gasteiger partial charge on any atom is 0.235 e. The molecule has 0 bridgehead atoms. The predicted octanol–water partition coefficient (Wildman–Crippen LogP) is 2.35. The first-order valence-corrected chi connectivity index (χ1v) is 11.0. The van der Waals surface area contributed by atoms with Gasteiger partial charge < -0.3 is 28.4 Å². The maximum absolute atomic E-state index is 12.5. The lowest BCUT2D eigenvalue weighted by molar-refractivity contribution is -0.326. The third-order valence-corrected chi connectivity index (χ3v) is 6.42. The lowest BCUT2D eigenvalue weighted by atomic mass is 9.97. The molecule has 0 radical (unpaired) electrons. The molecule has 0 N–H and O–H groups in total. The van der Waals surface area contributed by atoms with Crippen LogP contribution in [0.25, 0.3) is 0 Å². The minimum Gasteiger partial charge on any atom is -0.489 e. The van der Waals surface area contributed by atoms with Gasteiger partial charge in [0.2, 0.25) is 15.6 Å². The summed E-state index contributed by atoms with van der Waals surface area (Å²) in [4.78, 5) is 0.176. The third kappa shape index (κ3) is 4.08. The number of sulfone groups is 1. The highest BCUT2D eigenvalue weighted by Crippen LogP contribution is 2.45. The largest absolute Gasteiger partial charge is 0.489 e. The Morgan fingerprint density at radius 3 is 2.41 bits per heavy atom. The first-order chi connectivity index (χ1) is 13.5. The van der Waals surface area contributed by atoms with Crippen LogP contribution in [0, 0.1) is 0 Å². The number of hydrogen-bond acceptors (Lipinski definition) is 8. The molecular weight excluding hydrogens is 400 g/mol. The summed E-state index contributed by atoms with van der Waals surface area (Å²) in [5.41, 5.74) is 0. The summed E-state index contributed by atoms with van der Waals surface area (Å²) in [5, 5.41) is 1.02. The van der Waals surface area contributed by atoms with Crippen molar-refractivity contribution in [2.45, 2.75) is 68.3 Å². The Balaban J connectivity index is 1.59. The van der Waals surface area contributed by atoms with E-state index in [1.165, 1.54) is 12.1 Å². The molecule has 8 nitrogen and oxygen atoms in total. The number of ether oxygens (including phenoxy) is 6. The predicted molar refractivity (Wildman–Crippen MR) is 101 cm³/mol. The molecule has 0 aromatic heterocycles. The zero-order valence-electron chi connectivity index (χ0n) is 16.9. The Morgan fingerprint density at radius 1 is 1.03 bits per heavy atom. The monoisotopic (exact) mass is 426 g/mol. The van der Waals surface area contributed by atoms with Crippen molar-refractivity contribution in [1.82, 2.24) is 0 Å². The van der Waals surface area contributed by atoms with Crippen LogP contribution >= 0.6 is 0 Å². The number of hydrogen-bond donors (Lipinski definition) is 0. The summed E-state index contributed by atoms with van der Waals surface area (Å²) in [6.07, 6.45) is -0.524. The molecule has 3 heterocycles. The van der Waals surface area contributed by atoms with Crippen molar-refractivity contribution in [3.8, 4) is 0 Å². The van der Waals surface area contributed by atoms with Crippen molar-refractivity contribution in [3.05, 3.63) is 42.0 Å². The van der Waals surface area contributed by atoms with Crippen molar-refractivity contribution in [2.24, 2.45) is 0 Å². The Bertz CT molecular complexity index is 877. The summed E-state index contributed by atoms with van der Waals surface area (Å²) in [7, 11) is -3.65. The van der Waals surface area contributed by atoms with Crippen molar-refractivity contribution < 1.29 is 36.8 Å². The highest BCUT2D eigenvalue weighted by molar-refractivity contribution is 7.94. The van der Waals surface area contributed by atoms with Crippen LogP contribution in [-0.4, -0.2) is 57.3 Å². The van der Waals surface area contributed by atoms with Gasteiger partial charge in [-0.15, -0.1) is 0 Å².